The number of hydrogen-bond donors (Lipinski definition) is 0. The average Bonchev–Trinajstić information content (AvgIpc) is 2.57. The molecule has 0 rings (SSSR count). The van der Waals surface area contributed by atoms with E-state index in [2.05, 4.69) is 72.6 Å². The highest BCUT2D eigenvalue weighted by Gasteiger charge is 2.39. The maximum atomic E-state index is 6.46. The van der Waals surface area contributed by atoms with Crippen LogP contribution in [0.15, 0.2) is 0 Å². The Morgan fingerprint density at radius 1 is 0.769 bits per heavy atom. The van der Waals surface area contributed by atoms with E-state index < -0.39 is 8.32 Å². The molecule has 0 bridgehead atoms. The van der Waals surface area contributed by atoms with Crippen molar-refractivity contribution in [3.63, 3.8) is 0 Å². The highest BCUT2D eigenvalue weighted by Crippen LogP contribution is 2.38. The molecule has 0 aromatic carbocycles. The molecule has 0 radical (unpaired) electrons. The van der Waals surface area contributed by atoms with Gasteiger partial charge in [0.15, 0.2) is 8.32 Å². The minimum Gasteiger partial charge on any atom is -0.415 e. The Morgan fingerprint density at radius 2 is 1.19 bits per heavy atom. The molecule has 0 spiro atoms. The molecule has 1 unspecified atom stereocenters. The fourth-order valence-electron chi connectivity index (χ4n) is 2.81. The van der Waals surface area contributed by atoms with Gasteiger partial charge < -0.3 is 4.43 Å². The van der Waals surface area contributed by atoms with Gasteiger partial charge in [0.1, 0.15) is 0 Å². The Kier molecular flexibility index (Phi) is 14.8. The maximum Gasteiger partial charge on any atom is 0.192 e. The van der Waals surface area contributed by atoms with Crippen LogP contribution in [0, 0.1) is 0 Å². The molecule has 26 heavy (non-hydrogen) atoms. The second-order valence-corrected chi connectivity index (χ2v) is 16.7. The summed E-state index contributed by atoms with van der Waals surface area (Å²) < 4.78 is 6.56. The Bertz CT molecular complexity index is 342. The third kappa shape index (κ3) is 12.6. The fourth-order valence-corrected chi connectivity index (χ4v) is 4.93. The molecule has 4 heteroatoms. The zero-order chi connectivity index (χ0) is 20.1. The van der Waals surface area contributed by atoms with Crippen LogP contribution in [0.1, 0.15) is 105 Å². The molecule has 0 saturated carbocycles. The molecule has 0 aromatic heterocycles. The van der Waals surface area contributed by atoms with E-state index in [4.69, 9.17) is 4.43 Å². The van der Waals surface area contributed by atoms with Gasteiger partial charge in [-0.25, -0.2) is 0 Å². The van der Waals surface area contributed by atoms with Crippen LogP contribution in [0.5, 0.6) is 0 Å². The van der Waals surface area contributed by atoms with Gasteiger partial charge in [-0.3, -0.25) is 0 Å². The van der Waals surface area contributed by atoms with Crippen molar-refractivity contribution in [2.24, 2.45) is 0 Å². The summed E-state index contributed by atoms with van der Waals surface area (Å²) >= 11 is 7.69. The first-order chi connectivity index (χ1) is 12.1. The third-order valence-corrected chi connectivity index (χ3v) is 13.2. The Balaban J connectivity index is 3.83. The van der Waals surface area contributed by atoms with Crippen LogP contribution in [0.4, 0.5) is 0 Å². The number of alkyl halides is 2. The molecule has 158 valence electrons. The van der Waals surface area contributed by atoms with E-state index in [-0.39, 0.29) is 9.36 Å². The molecular weight excluding hydrogens is 468 g/mol. The largest absolute Gasteiger partial charge is 0.415 e. The van der Waals surface area contributed by atoms with Gasteiger partial charge in [-0.05, 0) is 24.6 Å². The molecule has 0 fully saturated rings. The summed E-state index contributed by atoms with van der Waals surface area (Å²) in [6, 6.07) is 0. The van der Waals surface area contributed by atoms with Crippen LogP contribution in [-0.4, -0.2) is 24.6 Å². The molecule has 0 amide bonds. The van der Waals surface area contributed by atoms with Crippen molar-refractivity contribution in [3.8, 4) is 0 Å². The summed E-state index contributed by atoms with van der Waals surface area (Å²) in [5, 5.41) is 1.25. The summed E-state index contributed by atoms with van der Waals surface area (Å²) in [5.74, 6) is 0. The van der Waals surface area contributed by atoms with Crippen molar-refractivity contribution in [3.05, 3.63) is 0 Å². The highest BCUT2D eigenvalue weighted by molar-refractivity contribution is 9.12. The quantitative estimate of drug-likeness (QED) is 0.113. The highest BCUT2D eigenvalue weighted by atomic mass is 79.9. The number of unbranched alkanes of at least 4 members (excludes halogenated alkanes) is 10. The van der Waals surface area contributed by atoms with Gasteiger partial charge in [0.05, 0.1) is 10.9 Å². The minimum absolute atomic E-state index is 0.0990. The van der Waals surface area contributed by atoms with Crippen molar-refractivity contribution >= 4 is 40.2 Å². The molecule has 1 nitrogen and oxygen atoms in total. The Labute approximate surface area is 183 Å². The lowest BCUT2D eigenvalue weighted by molar-refractivity contribution is 0.252. The molecule has 0 saturated heterocycles. The van der Waals surface area contributed by atoms with Crippen molar-refractivity contribution in [2.75, 3.05) is 11.9 Å². The summed E-state index contributed by atoms with van der Waals surface area (Å²) in [7, 11) is -1.66. The van der Waals surface area contributed by atoms with Crippen LogP contribution in [-0.2, 0) is 4.43 Å². The molecular formula is C22H46Br2OSi. The zero-order valence-corrected chi connectivity index (χ0v) is 22.7. The topological polar surface area (TPSA) is 9.23 Å². The van der Waals surface area contributed by atoms with Crippen LogP contribution in [0.25, 0.3) is 0 Å². The molecule has 0 aliphatic rings. The van der Waals surface area contributed by atoms with Crippen molar-refractivity contribution in [1.29, 1.82) is 0 Å². The molecule has 1 atom stereocenters. The number of rotatable bonds is 16. The van der Waals surface area contributed by atoms with E-state index in [1.165, 1.54) is 77.0 Å². The maximum absolute atomic E-state index is 6.46. The van der Waals surface area contributed by atoms with E-state index >= 15 is 0 Å². The van der Waals surface area contributed by atoms with Crippen molar-refractivity contribution in [1.82, 2.24) is 0 Å². The van der Waals surface area contributed by atoms with Gasteiger partial charge in [0.2, 0.25) is 0 Å². The van der Waals surface area contributed by atoms with Crippen LogP contribution in [0.3, 0.4) is 0 Å². The van der Waals surface area contributed by atoms with Gasteiger partial charge in [-0.2, -0.15) is 0 Å². The number of halogens is 2. The van der Waals surface area contributed by atoms with Gasteiger partial charge in [-0.15, -0.1) is 0 Å². The monoisotopic (exact) mass is 512 g/mol. The Hall–Kier alpha value is 1.14. The summed E-state index contributed by atoms with van der Waals surface area (Å²) in [6.45, 7) is 14.7. The van der Waals surface area contributed by atoms with E-state index in [9.17, 15) is 0 Å². The van der Waals surface area contributed by atoms with Gasteiger partial charge in [0, 0.05) is 5.33 Å². The standard InChI is InChI=1S/C22H46Br2OSi/c1-7-8-9-10-11-12-13-14-15-16-17-18-22(24,19-23)20-25-26(5,6)21(2,3)4/h7-20H2,1-6H3. The van der Waals surface area contributed by atoms with Crippen molar-refractivity contribution in [2.45, 2.75) is 127 Å². The summed E-state index contributed by atoms with van der Waals surface area (Å²) in [5.41, 5.74) is 0. The fraction of sp³-hybridized carbons (Fsp3) is 1.00. The third-order valence-electron chi connectivity index (χ3n) is 5.97. The second kappa shape index (κ2) is 14.2. The van der Waals surface area contributed by atoms with E-state index in [1.807, 2.05) is 0 Å². The number of hydrogen-bond acceptors (Lipinski definition) is 1. The summed E-state index contributed by atoms with van der Waals surface area (Å²) in [4.78, 5) is 0. The van der Waals surface area contributed by atoms with E-state index in [1.54, 1.807) is 0 Å². The molecule has 0 aliphatic carbocycles. The van der Waals surface area contributed by atoms with Gasteiger partial charge in [-0.1, -0.05) is 130 Å². The predicted molar refractivity (Wildman–Crippen MR) is 130 cm³/mol. The van der Waals surface area contributed by atoms with E-state index in [0.717, 1.165) is 11.9 Å². The second-order valence-electron chi connectivity index (χ2n) is 9.62. The van der Waals surface area contributed by atoms with E-state index in [0.29, 0.717) is 0 Å². The predicted octanol–water partition coefficient (Wildman–Crippen LogP) is 9.24. The normalized spacial score (nSPS) is 15.2. The summed E-state index contributed by atoms with van der Waals surface area (Å²) in [6.07, 6.45) is 16.6. The molecule has 0 N–H and O–H groups in total. The molecule has 0 heterocycles. The lowest BCUT2D eigenvalue weighted by Crippen LogP contribution is -2.45. The van der Waals surface area contributed by atoms with Gasteiger partial charge in [0.25, 0.3) is 0 Å². The molecule has 0 aromatic rings. The lowest BCUT2D eigenvalue weighted by atomic mass is 10.0. The van der Waals surface area contributed by atoms with Crippen LogP contribution >= 0.6 is 31.9 Å². The first kappa shape index (κ1) is 27.1. The first-order valence-electron chi connectivity index (χ1n) is 11.0. The van der Waals surface area contributed by atoms with Gasteiger partial charge >= 0.3 is 0 Å². The van der Waals surface area contributed by atoms with Crippen LogP contribution < -0.4 is 0 Å². The SMILES string of the molecule is CCCCCCCCCCCCCC(Br)(CBr)CO[Si](C)(C)C(C)(C)C. The Morgan fingerprint density at radius 3 is 1.58 bits per heavy atom. The first-order valence-corrected chi connectivity index (χ1v) is 15.8. The zero-order valence-electron chi connectivity index (χ0n) is 18.6. The molecule has 0 aliphatic heterocycles. The lowest BCUT2D eigenvalue weighted by Gasteiger charge is -2.39. The average molecular weight is 515 g/mol. The van der Waals surface area contributed by atoms with Crippen molar-refractivity contribution < 1.29 is 4.43 Å². The van der Waals surface area contributed by atoms with Crippen LogP contribution in [0.2, 0.25) is 18.1 Å². The smallest absolute Gasteiger partial charge is 0.192 e. The minimum atomic E-state index is -1.66.